The zero-order chi connectivity index (χ0) is 16.2. The molecule has 1 heterocycles. The van der Waals surface area contributed by atoms with Crippen LogP contribution in [0.4, 0.5) is 16.2 Å². The molecule has 0 saturated heterocycles. The molecule has 0 spiro atoms. The Labute approximate surface area is 140 Å². The van der Waals surface area contributed by atoms with Gasteiger partial charge in [-0.25, -0.2) is 9.69 Å². The van der Waals surface area contributed by atoms with Gasteiger partial charge in [-0.05, 0) is 36.8 Å². The largest absolute Gasteiger partial charge is 0.332 e. The van der Waals surface area contributed by atoms with Gasteiger partial charge in [0.2, 0.25) is 0 Å². The minimum Gasteiger partial charge on any atom is -0.307 e. The van der Waals surface area contributed by atoms with Crippen LogP contribution in [0.1, 0.15) is 12.5 Å². The fourth-order valence-electron chi connectivity index (χ4n) is 2.37. The highest BCUT2D eigenvalue weighted by Crippen LogP contribution is 2.28. The van der Waals surface area contributed by atoms with Gasteiger partial charge in [-0.15, -0.1) is 0 Å². The number of aliphatic imine (C=N–C) groups is 1. The minimum absolute atomic E-state index is 0.192. The molecule has 0 bridgehead atoms. The van der Waals surface area contributed by atoms with Crippen LogP contribution in [0.3, 0.4) is 0 Å². The molecule has 0 aromatic heterocycles. The van der Waals surface area contributed by atoms with Gasteiger partial charge in [0.05, 0.1) is 12.2 Å². The fraction of sp³-hybridized carbons (Fsp3) is 0.222. The van der Waals surface area contributed by atoms with E-state index >= 15 is 0 Å². The molecule has 0 aliphatic carbocycles. The quantitative estimate of drug-likeness (QED) is 0.882. The fourth-order valence-corrected chi connectivity index (χ4v) is 3.32. The first-order valence-electron chi connectivity index (χ1n) is 7.57. The number of urea groups is 1. The van der Waals surface area contributed by atoms with Crippen molar-refractivity contribution >= 4 is 34.3 Å². The number of rotatable bonds is 2. The minimum atomic E-state index is -0.192. The molecule has 0 fully saturated rings. The SMILES string of the molecule is Cc1cccc(N(C(=O)Nc2ccccc2)C2=NC[C@H](C)S2)c1. The summed E-state index contributed by atoms with van der Waals surface area (Å²) < 4.78 is 0. The number of anilines is 2. The van der Waals surface area contributed by atoms with Crippen molar-refractivity contribution < 1.29 is 4.79 Å². The lowest BCUT2D eigenvalue weighted by Gasteiger charge is -2.23. The molecule has 23 heavy (non-hydrogen) atoms. The zero-order valence-corrected chi connectivity index (χ0v) is 14.0. The molecule has 4 nitrogen and oxygen atoms in total. The Morgan fingerprint density at radius 3 is 2.65 bits per heavy atom. The number of para-hydroxylation sites is 1. The van der Waals surface area contributed by atoms with Crippen LogP contribution in [0.25, 0.3) is 0 Å². The van der Waals surface area contributed by atoms with Crippen molar-refractivity contribution in [2.45, 2.75) is 19.1 Å². The predicted octanol–water partition coefficient (Wildman–Crippen LogP) is 4.52. The molecule has 5 heteroatoms. The molecule has 0 radical (unpaired) electrons. The van der Waals surface area contributed by atoms with E-state index in [4.69, 9.17) is 0 Å². The maximum absolute atomic E-state index is 12.8. The molecule has 0 unspecified atom stereocenters. The first-order valence-corrected chi connectivity index (χ1v) is 8.45. The number of thioether (sulfide) groups is 1. The highest BCUT2D eigenvalue weighted by Gasteiger charge is 2.27. The summed E-state index contributed by atoms with van der Waals surface area (Å²) in [4.78, 5) is 19.0. The number of hydrogen-bond donors (Lipinski definition) is 1. The lowest BCUT2D eigenvalue weighted by atomic mass is 10.2. The number of carbonyl (C=O) groups is 1. The number of nitrogens with one attached hydrogen (secondary N) is 1. The maximum atomic E-state index is 12.8. The van der Waals surface area contributed by atoms with E-state index in [2.05, 4.69) is 17.2 Å². The monoisotopic (exact) mass is 325 g/mol. The van der Waals surface area contributed by atoms with E-state index < -0.39 is 0 Å². The number of nitrogens with zero attached hydrogens (tertiary/aromatic N) is 2. The predicted molar refractivity (Wildman–Crippen MR) is 98.5 cm³/mol. The Kier molecular flexibility index (Phi) is 4.67. The van der Waals surface area contributed by atoms with Crippen LogP contribution in [0.5, 0.6) is 0 Å². The van der Waals surface area contributed by atoms with Gasteiger partial charge < -0.3 is 5.32 Å². The van der Waals surface area contributed by atoms with Crippen molar-refractivity contribution in [2.24, 2.45) is 4.99 Å². The summed E-state index contributed by atoms with van der Waals surface area (Å²) in [6.07, 6.45) is 0. The normalized spacial score (nSPS) is 16.8. The Bertz CT molecular complexity index is 730. The van der Waals surface area contributed by atoms with E-state index in [1.807, 2.05) is 61.5 Å². The van der Waals surface area contributed by atoms with Gasteiger partial charge in [0.15, 0.2) is 5.17 Å². The highest BCUT2D eigenvalue weighted by molar-refractivity contribution is 8.15. The van der Waals surface area contributed by atoms with Gasteiger partial charge in [-0.1, -0.05) is 49.0 Å². The molecule has 2 aromatic rings. The Morgan fingerprint density at radius 2 is 2.00 bits per heavy atom. The van der Waals surface area contributed by atoms with Crippen LogP contribution < -0.4 is 10.2 Å². The summed E-state index contributed by atoms with van der Waals surface area (Å²) in [6.45, 7) is 4.87. The molecule has 1 atom stereocenters. The molecular formula is C18H19N3OS. The van der Waals surface area contributed by atoms with Crippen LogP contribution in [0.15, 0.2) is 59.6 Å². The summed E-state index contributed by atoms with van der Waals surface area (Å²) in [5, 5.41) is 4.08. The van der Waals surface area contributed by atoms with Gasteiger partial charge in [-0.3, -0.25) is 4.99 Å². The first-order chi connectivity index (χ1) is 11.1. The number of aryl methyl sites for hydroxylation is 1. The van der Waals surface area contributed by atoms with Gasteiger partial charge in [0.1, 0.15) is 0 Å². The third-order valence-corrected chi connectivity index (χ3v) is 4.54. The van der Waals surface area contributed by atoms with Crippen molar-refractivity contribution in [1.29, 1.82) is 0 Å². The molecule has 1 N–H and O–H groups in total. The van der Waals surface area contributed by atoms with Crippen LogP contribution >= 0.6 is 11.8 Å². The molecular weight excluding hydrogens is 306 g/mol. The standard InChI is InChI=1S/C18H19N3OS/c1-13-7-6-10-16(11-13)21(18-19-12-14(2)23-18)17(22)20-15-8-4-3-5-9-15/h3-11,14H,12H2,1-2H3,(H,20,22)/t14-/m0/s1. The van der Waals surface area contributed by atoms with Crippen LogP contribution in [0, 0.1) is 6.92 Å². The van der Waals surface area contributed by atoms with E-state index in [0.29, 0.717) is 5.25 Å². The lowest BCUT2D eigenvalue weighted by Crippen LogP contribution is -2.38. The van der Waals surface area contributed by atoms with Crippen LogP contribution in [0.2, 0.25) is 0 Å². The molecule has 2 amide bonds. The van der Waals surface area contributed by atoms with E-state index in [0.717, 1.165) is 28.7 Å². The Hall–Kier alpha value is -2.27. The third-order valence-electron chi connectivity index (χ3n) is 3.47. The second kappa shape index (κ2) is 6.87. The number of carbonyl (C=O) groups excluding carboxylic acids is 1. The smallest absolute Gasteiger partial charge is 0.307 e. The third kappa shape index (κ3) is 3.74. The van der Waals surface area contributed by atoms with E-state index in [1.54, 1.807) is 16.7 Å². The van der Waals surface area contributed by atoms with E-state index in [-0.39, 0.29) is 6.03 Å². The average Bonchev–Trinajstić information content (AvgIpc) is 2.94. The van der Waals surface area contributed by atoms with Crippen molar-refractivity contribution in [1.82, 2.24) is 0 Å². The van der Waals surface area contributed by atoms with Crippen LogP contribution in [-0.4, -0.2) is 23.0 Å². The topological polar surface area (TPSA) is 44.7 Å². The number of benzene rings is 2. The second-order valence-electron chi connectivity index (χ2n) is 5.52. The van der Waals surface area contributed by atoms with Crippen molar-refractivity contribution in [3.05, 3.63) is 60.2 Å². The molecule has 1 aliphatic heterocycles. The Balaban J connectivity index is 1.90. The van der Waals surface area contributed by atoms with Crippen molar-refractivity contribution in [2.75, 3.05) is 16.8 Å². The van der Waals surface area contributed by atoms with Crippen molar-refractivity contribution in [3.63, 3.8) is 0 Å². The maximum Gasteiger partial charge on any atom is 0.332 e. The van der Waals surface area contributed by atoms with Gasteiger partial charge in [0.25, 0.3) is 0 Å². The summed E-state index contributed by atoms with van der Waals surface area (Å²) in [5.74, 6) is 0. The summed E-state index contributed by atoms with van der Waals surface area (Å²) in [7, 11) is 0. The van der Waals surface area contributed by atoms with Gasteiger partial charge in [0, 0.05) is 10.9 Å². The van der Waals surface area contributed by atoms with Gasteiger partial charge >= 0.3 is 6.03 Å². The summed E-state index contributed by atoms with van der Waals surface area (Å²) in [5.41, 5.74) is 2.71. The number of amides is 2. The van der Waals surface area contributed by atoms with Crippen LogP contribution in [-0.2, 0) is 0 Å². The number of hydrogen-bond acceptors (Lipinski definition) is 3. The van der Waals surface area contributed by atoms with E-state index in [1.165, 1.54) is 0 Å². The van der Waals surface area contributed by atoms with Crippen molar-refractivity contribution in [3.8, 4) is 0 Å². The zero-order valence-electron chi connectivity index (χ0n) is 13.2. The van der Waals surface area contributed by atoms with E-state index in [9.17, 15) is 4.79 Å². The highest BCUT2D eigenvalue weighted by atomic mass is 32.2. The molecule has 2 aromatic carbocycles. The molecule has 118 valence electrons. The number of amidine groups is 1. The lowest BCUT2D eigenvalue weighted by molar-refractivity contribution is 0.259. The molecule has 1 aliphatic rings. The second-order valence-corrected chi connectivity index (χ2v) is 6.93. The Morgan fingerprint density at radius 1 is 1.22 bits per heavy atom. The van der Waals surface area contributed by atoms with Gasteiger partial charge in [-0.2, -0.15) is 0 Å². The summed E-state index contributed by atoms with van der Waals surface area (Å²) >= 11 is 1.63. The molecule has 3 rings (SSSR count). The molecule has 0 saturated carbocycles. The first kappa shape index (κ1) is 15.6. The summed E-state index contributed by atoms with van der Waals surface area (Å²) in [6, 6.07) is 17.2. The average molecular weight is 325 g/mol.